The quantitative estimate of drug-likeness (QED) is 0.400. The van der Waals surface area contributed by atoms with Crippen molar-refractivity contribution in [2.24, 2.45) is 0 Å². The van der Waals surface area contributed by atoms with Crippen molar-refractivity contribution in [1.82, 2.24) is 4.90 Å². The summed E-state index contributed by atoms with van der Waals surface area (Å²) in [6.45, 7) is 3.14. The van der Waals surface area contributed by atoms with E-state index >= 15 is 0 Å². The molecular weight excluding hydrogens is 493 g/mol. The van der Waals surface area contributed by atoms with Crippen molar-refractivity contribution in [2.45, 2.75) is 30.7 Å². The summed E-state index contributed by atoms with van der Waals surface area (Å²) < 4.78 is 27.8. The maximum absolute atomic E-state index is 12.7. The van der Waals surface area contributed by atoms with Crippen molar-refractivity contribution in [3.8, 4) is 0 Å². The Balaban J connectivity index is 1.38. The van der Waals surface area contributed by atoms with Gasteiger partial charge in [0.1, 0.15) is 0 Å². The summed E-state index contributed by atoms with van der Waals surface area (Å²) >= 11 is 12.0. The summed E-state index contributed by atoms with van der Waals surface area (Å²) in [6.07, 6.45) is 3.78. The van der Waals surface area contributed by atoms with E-state index in [-0.39, 0.29) is 26.5 Å². The number of anilines is 2. The molecule has 3 aromatic carbocycles. The molecule has 3 aromatic rings. The molecule has 2 N–H and O–H groups in total. The van der Waals surface area contributed by atoms with E-state index in [9.17, 15) is 13.2 Å². The first-order chi connectivity index (χ1) is 16.3. The summed E-state index contributed by atoms with van der Waals surface area (Å²) in [5.41, 5.74) is 2.40. The number of likely N-dealkylation sites (tertiary alicyclic amines) is 1. The molecule has 0 aromatic heterocycles. The molecule has 6 nitrogen and oxygen atoms in total. The lowest BCUT2D eigenvalue weighted by molar-refractivity contribution is 0.102. The van der Waals surface area contributed by atoms with E-state index in [0.717, 1.165) is 19.6 Å². The van der Waals surface area contributed by atoms with Gasteiger partial charge in [0.25, 0.3) is 15.9 Å². The van der Waals surface area contributed by atoms with E-state index in [2.05, 4.69) is 14.9 Å². The van der Waals surface area contributed by atoms with Gasteiger partial charge in [-0.1, -0.05) is 47.8 Å². The standard InChI is InChI=1S/C25H25Cl2N3O3S/c26-22-5-4-6-23(24(22)27)29-34(32,33)21-13-11-20(12-14-21)28-25(31)19-9-7-18(8-10-19)17-30-15-2-1-3-16-30/h4-14,29H,1-3,15-17H2,(H,28,31). The van der Waals surface area contributed by atoms with Gasteiger partial charge in [-0.3, -0.25) is 14.4 Å². The summed E-state index contributed by atoms with van der Waals surface area (Å²) in [5.74, 6) is -0.260. The van der Waals surface area contributed by atoms with Crippen LogP contribution in [-0.4, -0.2) is 32.3 Å². The fourth-order valence-corrected chi connectivity index (χ4v) is 5.32. The van der Waals surface area contributed by atoms with E-state index in [0.29, 0.717) is 11.3 Å². The Hall–Kier alpha value is -2.58. The minimum absolute atomic E-state index is 0.0311. The van der Waals surface area contributed by atoms with Crippen LogP contribution in [0.25, 0.3) is 0 Å². The highest BCUT2D eigenvalue weighted by molar-refractivity contribution is 7.92. The Labute approximate surface area is 209 Å². The van der Waals surface area contributed by atoms with Crippen LogP contribution in [0.5, 0.6) is 0 Å². The zero-order chi connectivity index (χ0) is 24.1. The van der Waals surface area contributed by atoms with Crippen molar-refractivity contribution in [3.63, 3.8) is 0 Å². The molecule has 178 valence electrons. The molecule has 0 unspecified atom stereocenters. The fourth-order valence-electron chi connectivity index (χ4n) is 3.84. The number of piperidine rings is 1. The highest BCUT2D eigenvalue weighted by Gasteiger charge is 2.17. The molecule has 4 rings (SSSR count). The van der Waals surface area contributed by atoms with E-state index < -0.39 is 10.0 Å². The van der Waals surface area contributed by atoms with Crippen LogP contribution in [-0.2, 0) is 16.6 Å². The number of amides is 1. The second kappa shape index (κ2) is 10.8. The number of hydrogen-bond acceptors (Lipinski definition) is 4. The first-order valence-electron chi connectivity index (χ1n) is 11.0. The lowest BCUT2D eigenvalue weighted by atomic mass is 10.1. The third kappa shape index (κ3) is 6.10. The molecule has 0 saturated carbocycles. The molecule has 1 heterocycles. The van der Waals surface area contributed by atoms with Crippen molar-refractivity contribution in [1.29, 1.82) is 0 Å². The van der Waals surface area contributed by atoms with Gasteiger partial charge in [0.2, 0.25) is 0 Å². The third-order valence-electron chi connectivity index (χ3n) is 5.69. The Bertz CT molecular complexity index is 1260. The van der Waals surface area contributed by atoms with Crippen molar-refractivity contribution >= 4 is 50.5 Å². The van der Waals surface area contributed by atoms with E-state index in [1.165, 1.54) is 55.2 Å². The van der Waals surface area contributed by atoms with Crippen LogP contribution in [0.3, 0.4) is 0 Å². The molecule has 0 bridgehead atoms. The predicted molar refractivity (Wildman–Crippen MR) is 137 cm³/mol. The van der Waals surface area contributed by atoms with Gasteiger partial charge in [0, 0.05) is 17.8 Å². The van der Waals surface area contributed by atoms with Crippen LogP contribution in [0.1, 0.15) is 35.2 Å². The van der Waals surface area contributed by atoms with Crippen molar-refractivity contribution in [3.05, 3.63) is 87.9 Å². The second-order valence-corrected chi connectivity index (χ2v) is 10.7. The van der Waals surface area contributed by atoms with Crippen molar-refractivity contribution < 1.29 is 13.2 Å². The minimum atomic E-state index is -3.88. The summed E-state index contributed by atoms with van der Waals surface area (Å²) in [6, 6.07) is 18.2. The molecular formula is C25H25Cl2N3O3S. The lowest BCUT2D eigenvalue weighted by Gasteiger charge is -2.26. The normalized spacial score (nSPS) is 14.5. The zero-order valence-corrected chi connectivity index (χ0v) is 20.8. The van der Waals surface area contributed by atoms with Crippen LogP contribution < -0.4 is 10.0 Å². The highest BCUT2D eigenvalue weighted by Crippen LogP contribution is 2.31. The first-order valence-corrected chi connectivity index (χ1v) is 13.3. The van der Waals surface area contributed by atoms with E-state index in [1.54, 1.807) is 12.1 Å². The van der Waals surface area contributed by atoms with Crippen molar-refractivity contribution in [2.75, 3.05) is 23.1 Å². The Kier molecular flexibility index (Phi) is 7.78. The molecule has 0 aliphatic carbocycles. The van der Waals surface area contributed by atoms with Gasteiger partial charge < -0.3 is 5.32 Å². The predicted octanol–water partition coefficient (Wildman–Crippen LogP) is 6.03. The second-order valence-electron chi connectivity index (χ2n) is 8.22. The van der Waals surface area contributed by atoms with Crippen LogP contribution in [0, 0.1) is 0 Å². The molecule has 9 heteroatoms. The van der Waals surface area contributed by atoms with Crippen LogP contribution in [0.4, 0.5) is 11.4 Å². The smallest absolute Gasteiger partial charge is 0.261 e. The number of sulfonamides is 1. The van der Waals surface area contributed by atoms with E-state index in [1.807, 2.05) is 24.3 Å². The number of halogens is 2. The summed E-state index contributed by atoms with van der Waals surface area (Å²) in [5, 5.41) is 3.17. The van der Waals surface area contributed by atoms with Gasteiger partial charge in [0.15, 0.2) is 0 Å². The average Bonchev–Trinajstić information content (AvgIpc) is 2.83. The third-order valence-corrected chi connectivity index (χ3v) is 7.89. The minimum Gasteiger partial charge on any atom is -0.322 e. The van der Waals surface area contributed by atoms with Gasteiger partial charge in [-0.2, -0.15) is 0 Å². The van der Waals surface area contributed by atoms with Gasteiger partial charge in [-0.05, 0) is 80.0 Å². The Morgan fingerprint density at radius 2 is 1.56 bits per heavy atom. The van der Waals surface area contributed by atoms with Gasteiger partial charge >= 0.3 is 0 Å². The number of carbonyl (C=O) groups is 1. The van der Waals surface area contributed by atoms with Gasteiger partial charge in [-0.25, -0.2) is 8.42 Å². The number of rotatable bonds is 7. The molecule has 0 radical (unpaired) electrons. The molecule has 34 heavy (non-hydrogen) atoms. The zero-order valence-electron chi connectivity index (χ0n) is 18.4. The molecule has 1 aliphatic heterocycles. The topological polar surface area (TPSA) is 78.5 Å². The van der Waals surface area contributed by atoms with Crippen LogP contribution >= 0.6 is 23.2 Å². The summed E-state index contributed by atoms with van der Waals surface area (Å²) in [4.78, 5) is 15.1. The lowest BCUT2D eigenvalue weighted by Crippen LogP contribution is -2.29. The highest BCUT2D eigenvalue weighted by atomic mass is 35.5. The average molecular weight is 518 g/mol. The molecule has 1 saturated heterocycles. The molecule has 0 spiro atoms. The SMILES string of the molecule is O=C(Nc1ccc(S(=O)(=O)Nc2cccc(Cl)c2Cl)cc1)c1ccc(CN2CCCCC2)cc1. The monoisotopic (exact) mass is 517 g/mol. The maximum atomic E-state index is 12.7. The van der Waals surface area contributed by atoms with Gasteiger partial charge in [-0.15, -0.1) is 0 Å². The fraction of sp³-hybridized carbons (Fsp3) is 0.240. The number of nitrogens with zero attached hydrogens (tertiary/aromatic N) is 1. The largest absolute Gasteiger partial charge is 0.322 e. The Morgan fingerprint density at radius 1 is 0.882 bits per heavy atom. The molecule has 0 atom stereocenters. The number of nitrogens with one attached hydrogen (secondary N) is 2. The summed E-state index contributed by atoms with van der Waals surface area (Å²) in [7, 11) is -3.88. The molecule has 1 fully saturated rings. The number of benzene rings is 3. The first kappa shape index (κ1) is 24.5. The van der Waals surface area contributed by atoms with Crippen LogP contribution in [0.2, 0.25) is 10.0 Å². The number of carbonyl (C=O) groups excluding carboxylic acids is 1. The molecule has 1 amide bonds. The van der Waals surface area contributed by atoms with Gasteiger partial charge in [0.05, 0.1) is 20.6 Å². The maximum Gasteiger partial charge on any atom is 0.261 e. The van der Waals surface area contributed by atoms with Crippen LogP contribution in [0.15, 0.2) is 71.6 Å². The van der Waals surface area contributed by atoms with E-state index in [4.69, 9.17) is 23.2 Å². The Morgan fingerprint density at radius 3 is 2.24 bits per heavy atom. The molecule has 1 aliphatic rings. The number of hydrogen-bond donors (Lipinski definition) is 2.